The summed E-state index contributed by atoms with van der Waals surface area (Å²) < 4.78 is 0. The lowest BCUT2D eigenvalue weighted by atomic mass is 10.1. The van der Waals surface area contributed by atoms with Gasteiger partial charge < -0.3 is 20.1 Å². The SMILES string of the molecule is CCCC[C@H](Nc1nc(CC[NH+](C)C)nc2ccccc12)C(=O)[O-]. The lowest BCUT2D eigenvalue weighted by Crippen LogP contribution is -3.06. The van der Waals surface area contributed by atoms with Gasteiger partial charge in [0.1, 0.15) is 11.6 Å². The molecular formula is C18H26N4O2. The number of aromatic nitrogens is 2. The summed E-state index contributed by atoms with van der Waals surface area (Å²) in [6.45, 7) is 2.95. The third-order valence-electron chi connectivity index (χ3n) is 3.94. The number of carboxylic acid groups (broad SMARTS) is 1. The third-order valence-corrected chi connectivity index (χ3v) is 3.94. The van der Waals surface area contributed by atoms with Gasteiger partial charge in [0.15, 0.2) is 0 Å². The van der Waals surface area contributed by atoms with Crippen LogP contribution in [0.15, 0.2) is 24.3 Å². The molecule has 0 radical (unpaired) electrons. The number of unbranched alkanes of at least 4 members (excludes halogenated alkanes) is 1. The topological polar surface area (TPSA) is 82.4 Å². The fourth-order valence-electron chi connectivity index (χ4n) is 2.53. The first-order chi connectivity index (χ1) is 11.5. The Balaban J connectivity index is 2.33. The zero-order chi connectivity index (χ0) is 17.5. The molecule has 0 aliphatic heterocycles. The Bertz CT molecular complexity index is 688. The summed E-state index contributed by atoms with van der Waals surface area (Å²) in [7, 11) is 4.16. The molecule has 0 fully saturated rings. The molecule has 0 aliphatic carbocycles. The number of likely N-dealkylation sites (N-methyl/N-ethyl adjacent to an activating group) is 1. The lowest BCUT2D eigenvalue weighted by molar-refractivity contribution is -0.858. The predicted molar refractivity (Wildman–Crippen MR) is 92.9 cm³/mol. The van der Waals surface area contributed by atoms with Crippen LogP contribution in [-0.2, 0) is 11.2 Å². The van der Waals surface area contributed by atoms with E-state index in [1.807, 2.05) is 31.2 Å². The number of benzene rings is 1. The van der Waals surface area contributed by atoms with Gasteiger partial charge in [-0.05, 0) is 18.6 Å². The van der Waals surface area contributed by atoms with Crippen LogP contribution in [0.25, 0.3) is 10.9 Å². The molecule has 1 aromatic carbocycles. The van der Waals surface area contributed by atoms with Gasteiger partial charge in [0.05, 0.1) is 44.6 Å². The van der Waals surface area contributed by atoms with Gasteiger partial charge in [-0.2, -0.15) is 0 Å². The maximum absolute atomic E-state index is 11.4. The number of rotatable bonds is 9. The lowest BCUT2D eigenvalue weighted by Gasteiger charge is -2.21. The van der Waals surface area contributed by atoms with Crippen molar-refractivity contribution in [3.63, 3.8) is 0 Å². The fraction of sp³-hybridized carbons (Fsp3) is 0.500. The molecule has 2 N–H and O–H groups in total. The zero-order valence-electron chi connectivity index (χ0n) is 14.6. The average molecular weight is 330 g/mol. The average Bonchev–Trinajstić information content (AvgIpc) is 2.56. The molecule has 130 valence electrons. The number of aliphatic carboxylic acids is 1. The van der Waals surface area contributed by atoms with Crippen molar-refractivity contribution in [2.45, 2.75) is 38.6 Å². The van der Waals surface area contributed by atoms with Crippen molar-refractivity contribution < 1.29 is 14.8 Å². The number of anilines is 1. The van der Waals surface area contributed by atoms with Crippen molar-refractivity contribution in [1.82, 2.24) is 9.97 Å². The predicted octanol–water partition coefficient (Wildman–Crippen LogP) is 0.0374. The summed E-state index contributed by atoms with van der Waals surface area (Å²) in [6.07, 6.45) is 3.03. The Kier molecular flexibility index (Phi) is 6.49. The van der Waals surface area contributed by atoms with Gasteiger partial charge >= 0.3 is 0 Å². The van der Waals surface area contributed by atoms with Gasteiger partial charge in [-0.3, -0.25) is 0 Å². The normalized spacial score (nSPS) is 12.5. The first-order valence-corrected chi connectivity index (χ1v) is 8.53. The molecule has 1 heterocycles. The zero-order valence-corrected chi connectivity index (χ0v) is 14.6. The van der Waals surface area contributed by atoms with Crippen LogP contribution in [0.1, 0.15) is 32.0 Å². The van der Waals surface area contributed by atoms with Crippen molar-refractivity contribution in [3.05, 3.63) is 30.1 Å². The standard InChI is InChI=1S/C18H26N4O2/c1-4-5-9-15(18(23)24)20-17-13-8-6-7-10-14(13)19-16(21-17)11-12-22(2)3/h6-8,10,15H,4-5,9,11-12H2,1-3H3,(H,23,24)(H,19,20,21)/t15-/m0/s1. The van der Waals surface area contributed by atoms with Crippen molar-refractivity contribution in [2.75, 3.05) is 26.0 Å². The number of nitrogens with zero attached hydrogens (tertiary/aromatic N) is 2. The first-order valence-electron chi connectivity index (χ1n) is 8.53. The van der Waals surface area contributed by atoms with Gasteiger partial charge in [0.2, 0.25) is 0 Å². The van der Waals surface area contributed by atoms with E-state index in [9.17, 15) is 9.90 Å². The van der Waals surface area contributed by atoms with Crippen molar-refractivity contribution >= 4 is 22.7 Å². The van der Waals surface area contributed by atoms with Crippen LogP contribution in [0.2, 0.25) is 0 Å². The van der Waals surface area contributed by atoms with Gasteiger partial charge in [-0.25, -0.2) is 9.97 Å². The molecule has 2 aromatic rings. The number of nitrogens with one attached hydrogen (secondary N) is 2. The number of carbonyl (C=O) groups is 1. The Hall–Kier alpha value is -2.21. The third kappa shape index (κ3) is 4.89. The number of quaternary nitrogens is 1. The molecule has 0 saturated heterocycles. The van der Waals surface area contributed by atoms with E-state index < -0.39 is 12.0 Å². The summed E-state index contributed by atoms with van der Waals surface area (Å²) in [5, 5.41) is 15.3. The number of para-hydroxylation sites is 1. The highest BCUT2D eigenvalue weighted by Gasteiger charge is 2.14. The Labute approximate surface area is 142 Å². The summed E-state index contributed by atoms with van der Waals surface area (Å²) in [5.74, 6) is 0.213. The number of fused-ring (bicyclic) bond motifs is 1. The number of carboxylic acids is 1. The summed E-state index contributed by atoms with van der Waals surface area (Å²) in [6, 6.07) is 6.92. The van der Waals surface area contributed by atoms with Crippen LogP contribution in [-0.4, -0.2) is 42.6 Å². The molecule has 6 nitrogen and oxygen atoms in total. The smallest absolute Gasteiger partial charge is 0.138 e. The minimum atomic E-state index is -1.09. The van der Waals surface area contributed by atoms with Gasteiger partial charge in [0, 0.05) is 5.39 Å². The molecule has 24 heavy (non-hydrogen) atoms. The molecule has 0 bridgehead atoms. The van der Waals surface area contributed by atoms with Crippen molar-refractivity contribution in [2.24, 2.45) is 0 Å². The van der Waals surface area contributed by atoms with Crippen LogP contribution in [0, 0.1) is 0 Å². The Morgan fingerprint density at radius 2 is 2.04 bits per heavy atom. The maximum atomic E-state index is 11.4. The highest BCUT2D eigenvalue weighted by atomic mass is 16.4. The molecular weight excluding hydrogens is 304 g/mol. The number of hydrogen-bond acceptors (Lipinski definition) is 5. The molecule has 0 spiro atoms. The maximum Gasteiger partial charge on any atom is 0.138 e. The monoisotopic (exact) mass is 330 g/mol. The van der Waals surface area contributed by atoms with E-state index >= 15 is 0 Å². The minimum Gasteiger partial charge on any atom is -0.548 e. The van der Waals surface area contributed by atoms with E-state index in [0.717, 1.165) is 42.5 Å². The highest BCUT2D eigenvalue weighted by Crippen LogP contribution is 2.21. The van der Waals surface area contributed by atoms with Gasteiger partial charge in [-0.1, -0.05) is 31.9 Å². The molecule has 0 saturated carbocycles. The van der Waals surface area contributed by atoms with Gasteiger partial charge in [-0.15, -0.1) is 0 Å². The molecule has 2 rings (SSSR count). The molecule has 0 unspecified atom stereocenters. The van der Waals surface area contributed by atoms with Crippen LogP contribution in [0.5, 0.6) is 0 Å². The number of hydrogen-bond donors (Lipinski definition) is 2. The summed E-state index contributed by atoms with van der Waals surface area (Å²) >= 11 is 0. The van der Waals surface area contributed by atoms with E-state index in [-0.39, 0.29) is 0 Å². The molecule has 1 atom stereocenters. The molecule has 6 heteroatoms. The van der Waals surface area contributed by atoms with Crippen molar-refractivity contribution in [3.8, 4) is 0 Å². The van der Waals surface area contributed by atoms with E-state index in [1.165, 1.54) is 4.90 Å². The molecule has 0 amide bonds. The molecule has 1 aromatic heterocycles. The second-order valence-corrected chi connectivity index (χ2v) is 6.37. The van der Waals surface area contributed by atoms with Crippen LogP contribution in [0.4, 0.5) is 5.82 Å². The highest BCUT2D eigenvalue weighted by molar-refractivity contribution is 5.90. The Morgan fingerprint density at radius 3 is 2.71 bits per heavy atom. The van der Waals surface area contributed by atoms with E-state index in [2.05, 4.69) is 29.4 Å². The number of carbonyl (C=O) groups excluding carboxylic acids is 1. The second-order valence-electron chi connectivity index (χ2n) is 6.37. The van der Waals surface area contributed by atoms with Crippen LogP contribution in [0.3, 0.4) is 0 Å². The van der Waals surface area contributed by atoms with Crippen LogP contribution < -0.4 is 15.3 Å². The molecule has 0 aliphatic rings. The van der Waals surface area contributed by atoms with Gasteiger partial charge in [0.25, 0.3) is 0 Å². The summed E-state index contributed by atoms with van der Waals surface area (Å²) in [5.41, 5.74) is 0.825. The minimum absolute atomic E-state index is 0.522. The second kappa shape index (κ2) is 8.59. The Morgan fingerprint density at radius 1 is 1.29 bits per heavy atom. The first kappa shape index (κ1) is 18.1. The van der Waals surface area contributed by atoms with E-state index in [0.29, 0.717) is 12.2 Å². The van der Waals surface area contributed by atoms with Crippen molar-refractivity contribution in [1.29, 1.82) is 0 Å². The van der Waals surface area contributed by atoms with E-state index in [4.69, 9.17) is 0 Å². The van der Waals surface area contributed by atoms with E-state index in [1.54, 1.807) is 0 Å². The van der Waals surface area contributed by atoms with Crippen LogP contribution >= 0.6 is 0 Å². The fourth-order valence-corrected chi connectivity index (χ4v) is 2.53. The summed E-state index contributed by atoms with van der Waals surface area (Å²) in [4.78, 5) is 21.9. The largest absolute Gasteiger partial charge is 0.548 e. The quantitative estimate of drug-likeness (QED) is 0.678.